The van der Waals surface area contributed by atoms with E-state index in [-0.39, 0.29) is 101 Å². The van der Waals surface area contributed by atoms with Crippen LogP contribution in [0.4, 0.5) is 15.9 Å². The van der Waals surface area contributed by atoms with E-state index in [2.05, 4.69) is 43.7 Å². The largest absolute Gasteiger partial charge is 0.462 e. The van der Waals surface area contributed by atoms with Crippen molar-refractivity contribution in [1.29, 1.82) is 5.26 Å². The molecule has 7 heterocycles. The van der Waals surface area contributed by atoms with Gasteiger partial charge in [-0.25, -0.2) is 9.37 Å². The summed E-state index contributed by atoms with van der Waals surface area (Å²) in [5.41, 5.74) is 13.0. The molecule has 0 saturated carbocycles. The highest BCUT2D eigenvalue weighted by Gasteiger charge is 2.45. The molecule has 0 aliphatic carbocycles. The third-order valence-electron chi connectivity index (χ3n) is 16.6. The van der Waals surface area contributed by atoms with Crippen molar-refractivity contribution in [3.8, 4) is 33.6 Å². The van der Waals surface area contributed by atoms with Crippen molar-refractivity contribution in [2.45, 2.75) is 129 Å². The predicted molar refractivity (Wildman–Crippen MR) is 303 cm³/mol. The molecule has 17 nitrogen and oxygen atoms in total. The molecule has 4 aliphatic heterocycles. The molecule has 412 valence electrons. The Labute approximate surface area is 463 Å². The number of rotatable bonds is 16. The summed E-state index contributed by atoms with van der Waals surface area (Å²) in [4.78, 5) is 62.9. The Bertz CT molecular complexity index is 3320. The monoisotopic (exact) mass is 1100 g/mol. The number of thiazole rings is 1. The molecule has 4 fully saturated rings. The average molecular weight is 1100 g/mol. The highest BCUT2D eigenvalue weighted by molar-refractivity contribution is 7.13. The standard InChI is InChI=1S/C58H70ClFN12O5S/c1-30-24-70(20-10-9-11-46(74)66-53(58(5,6)7)56(76)72-27-38(73)21-44(72)55(75)64-31(2)34-12-14-35(15-13-34)52-32(3)63-29-78-52)45(30)28-77-57-67-51-39(54(68-57)71-25-36-16-17-37(26-71)65-36)22-41(59)49(50(51)60)47-33(4)69(8)43-19-18-42(62)40(23-61)48(43)47/h12-15,18-19,22,29-31,36-38,44-45,53,65,73H,9-11,16-17,20-21,24-28,62H2,1-8H3,(H,64,75)(H,66,74)/t30-,31+,36?,37?,38-,44+,45-,53-/m1/s1. The number of nitrogens with two attached hydrogens (primary N) is 1. The Morgan fingerprint density at radius 2 is 1.77 bits per heavy atom. The van der Waals surface area contributed by atoms with Crippen LogP contribution in [0.5, 0.6) is 6.01 Å². The van der Waals surface area contributed by atoms with Crippen LogP contribution in [0.25, 0.3) is 43.4 Å². The van der Waals surface area contributed by atoms with Crippen LogP contribution < -0.4 is 31.3 Å². The Kier molecular flexibility index (Phi) is 15.5. The van der Waals surface area contributed by atoms with Crippen LogP contribution in [-0.2, 0) is 21.4 Å². The number of piperazine rings is 1. The van der Waals surface area contributed by atoms with Gasteiger partial charge in [0.05, 0.1) is 50.0 Å². The van der Waals surface area contributed by atoms with E-state index in [1.54, 1.807) is 23.5 Å². The minimum atomic E-state index is -0.932. The van der Waals surface area contributed by atoms with E-state index in [1.807, 2.05) is 89.0 Å². The van der Waals surface area contributed by atoms with Crippen LogP contribution in [-0.4, -0.2) is 128 Å². The second-order valence-electron chi connectivity index (χ2n) is 23.1. The summed E-state index contributed by atoms with van der Waals surface area (Å²) in [6.45, 7) is 16.7. The van der Waals surface area contributed by atoms with Crippen molar-refractivity contribution < 1.29 is 28.6 Å². The lowest BCUT2D eigenvalue weighted by molar-refractivity contribution is -0.144. The number of hydrogen-bond donors (Lipinski definition) is 5. The van der Waals surface area contributed by atoms with Gasteiger partial charge in [-0.05, 0) is 93.7 Å². The zero-order valence-electron chi connectivity index (χ0n) is 45.6. The van der Waals surface area contributed by atoms with Gasteiger partial charge >= 0.3 is 6.01 Å². The predicted octanol–water partition coefficient (Wildman–Crippen LogP) is 7.96. The van der Waals surface area contributed by atoms with E-state index < -0.39 is 35.3 Å². The number of likely N-dealkylation sites (tertiary alicyclic amines) is 2. The number of carbonyl (C=O) groups is 3. The number of carbonyl (C=O) groups excluding carboxylic acids is 3. The molecule has 0 radical (unpaired) electrons. The van der Waals surface area contributed by atoms with Gasteiger partial charge in [-0.1, -0.05) is 63.6 Å². The van der Waals surface area contributed by atoms with Crippen LogP contribution >= 0.6 is 22.9 Å². The number of nitriles is 1. The number of aliphatic hydroxyl groups excluding tert-OH is 1. The second kappa shape index (κ2) is 22.0. The number of benzene rings is 3. The first-order valence-electron chi connectivity index (χ1n) is 27.1. The number of aliphatic hydroxyl groups is 1. The number of hydrogen-bond acceptors (Lipinski definition) is 14. The van der Waals surface area contributed by atoms with Gasteiger partial charge in [-0.2, -0.15) is 15.2 Å². The van der Waals surface area contributed by atoms with Gasteiger partial charge in [0.2, 0.25) is 17.7 Å². The quantitative estimate of drug-likeness (QED) is 0.0460. The molecule has 2 bridgehead atoms. The first-order valence-corrected chi connectivity index (χ1v) is 28.4. The van der Waals surface area contributed by atoms with Crippen molar-refractivity contribution in [3.63, 3.8) is 0 Å². The number of anilines is 2. The van der Waals surface area contributed by atoms with Crippen LogP contribution in [0.2, 0.25) is 5.02 Å². The number of nitrogen functional groups attached to an aromatic ring is 1. The molecule has 6 aromatic rings. The van der Waals surface area contributed by atoms with E-state index >= 15 is 4.39 Å². The molecule has 3 aromatic carbocycles. The summed E-state index contributed by atoms with van der Waals surface area (Å²) in [5, 5.41) is 31.9. The third-order valence-corrected chi connectivity index (χ3v) is 17.9. The van der Waals surface area contributed by atoms with Gasteiger partial charge < -0.3 is 45.9 Å². The number of aromatic nitrogens is 4. The summed E-state index contributed by atoms with van der Waals surface area (Å²) in [5.74, 6) is -0.833. The average Bonchev–Trinajstić information content (AvgIpc) is 4.36. The van der Waals surface area contributed by atoms with Gasteiger partial charge in [0.25, 0.3) is 0 Å². The van der Waals surface area contributed by atoms with Crippen molar-refractivity contribution in [1.82, 2.24) is 45.3 Å². The number of β-amino-alcohol motifs (C(OH)–C–C–N with tert-alkyl or cyclic N) is 1. The molecule has 4 saturated heterocycles. The van der Waals surface area contributed by atoms with Crippen LogP contribution in [0.1, 0.15) is 102 Å². The number of fused-ring (bicyclic) bond motifs is 4. The van der Waals surface area contributed by atoms with E-state index in [0.717, 1.165) is 46.6 Å². The zero-order valence-corrected chi connectivity index (χ0v) is 47.2. The van der Waals surface area contributed by atoms with Crippen molar-refractivity contribution in [3.05, 3.63) is 81.3 Å². The van der Waals surface area contributed by atoms with Crippen LogP contribution in [0, 0.1) is 42.3 Å². The number of nitrogens with zero attached hydrogens (tertiary/aromatic N) is 8. The maximum Gasteiger partial charge on any atom is 0.319 e. The second-order valence-corrected chi connectivity index (χ2v) is 24.3. The van der Waals surface area contributed by atoms with E-state index in [1.165, 1.54) is 4.90 Å². The third kappa shape index (κ3) is 10.6. The number of aryl methyl sites for hydroxylation is 2. The van der Waals surface area contributed by atoms with Gasteiger partial charge in [-0.3, -0.25) is 19.3 Å². The lowest BCUT2D eigenvalue weighted by atomic mass is 9.85. The lowest BCUT2D eigenvalue weighted by Crippen LogP contribution is -2.58. The molecular formula is C58H70ClFN12O5S. The van der Waals surface area contributed by atoms with Crippen LogP contribution in [0.15, 0.2) is 48.0 Å². The molecule has 10 rings (SSSR count). The molecule has 3 aromatic heterocycles. The molecular weight excluding hydrogens is 1030 g/mol. The van der Waals surface area contributed by atoms with E-state index in [9.17, 15) is 24.8 Å². The Morgan fingerprint density at radius 1 is 1.04 bits per heavy atom. The van der Waals surface area contributed by atoms with E-state index in [0.29, 0.717) is 60.3 Å². The molecule has 4 aliphatic rings. The highest BCUT2D eigenvalue weighted by Crippen LogP contribution is 2.46. The number of nitrogens with one attached hydrogen (secondary N) is 3. The fraction of sp³-hybridized carbons (Fsp3) is 0.500. The smallest absolute Gasteiger partial charge is 0.319 e. The summed E-state index contributed by atoms with van der Waals surface area (Å²) >= 11 is 8.68. The number of ether oxygens (including phenoxy) is 1. The zero-order chi connectivity index (χ0) is 55.5. The molecule has 0 spiro atoms. The molecule has 6 N–H and O–H groups in total. The SMILES string of the molecule is Cc1ncsc1-c1ccc([C@H](C)NC(=O)[C@@H]2C[C@@H](O)CN2C(=O)[C@@H](NC(=O)CCCCN2C[C@@H](C)[C@H]2COc2nc(N3CC4CCC(C3)N4)c3cc(Cl)c(-c4c(C)n(C)c5ccc(N)c(C#N)c45)c(F)c3n2)C(C)(C)C)cc1. The fourth-order valence-corrected chi connectivity index (χ4v) is 13.2. The first kappa shape index (κ1) is 54.9. The van der Waals surface area contributed by atoms with Crippen molar-refractivity contribution in [2.75, 3.05) is 50.0 Å². The van der Waals surface area contributed by atoms with Gasteiger partial charge in [0, 0.05) is 91.8 Å². The summed E-state index contributed by atoms with van der Waals surface area (Å²) in [6, 6.07) is 13.9. The van der Waals surface area contributed by atoms with Gasteiger partial charge in [-0.15, -0.1) is 11.3 Å². The fourth-order valence-electron chi connectivity index (χ4n) is 12.1. The van der Waals surface area contributed by atoms with Crippen molar-refractivity contribution >= 4 is 74.0 Å². The minimum absolute atomic E-state index is 0.0135. The lowest BCUT2D eigenvalue weighted by Gasteiger charge is -2.46. The topological polar surface area (TPSA) is 220 Å². The molecule has 78 heavy (non-hydrogen) atoms. The van der Waals surface area contributed by atoms with Gasteiger partial charge in [0.15, 0.2) is 5.82 Å². The van der Waals surface area contributed by atoms with Gasteiger partial charge in [0.1, 0.15) is 36.1 Å². The van der Waals surface area contributed by atoms with Crippen molar-refractivity contribution in [2.24, 2.45) is 18.4 Å². The molecule has 2 unspecified atom stereocenters. The number of halogens is 2. The maximum absolute atomic E-state index is 17.6. The summed E-state index contributed by atoms with van der Waals surface area (Å²) < 4.78 is 25.9. The first-order chi connectivity index (χ1) is 37.2. The highest BCUT2D eigenvalue weighted by atomic mass is 35.5. The maximum atomic E-state index is 17.6. The normalized spacial score (nSPS) is 22.1. The minimum Gasteiger partial charge on any atom is -0.462 e. The molecule has 20 heteroatoms. The summed E-state index contributed by atoms with van der Waals surface area (Å²) in [6.07, 6.45) is 2.75. The number of amides is 3. The van der Waals surface area contributed by atoms with E-state index in [4.69, 9.17) is 32.0 Å². The Balaban J connectivity index is 0.783. The van der Waals surface area contributed by atoms with Crippen LogP contribution in [0.3, 0.4) is 0 Å². The molecule has 3 amide bonds. The Hall–Kier alpha value is -6.43. The molecule has 8 atom stereocenters. The number of unbranched alkanes of at least 4 members (excludes halogenated alkanes) is 1. The summed E-state index contributed by atoms with van der Waals surface area (Å²) in [7, 11) is 1.86. The Morgan fingerprint density at radius 3 is 2.44 bits per heavy atom.